The number of aliphatic carboxylic acids is 1. The standard InChI is InChI=1S/C15H21N3O3/c1-10-11(6-7-14(19)20)15(17(2)16-10)18-8-9-21-13-5-3-4-12(13)18/h6-7,12-13H,3-5,8-9H2,1-2H3,(H,19,20). The Morgan fingerprint density at radius 1 is 1.48 bits per heavy atom. The fourth-order valence-electron chi connectivity index (χ4n) is 3.54. The number of ether oxygens (including phenoxy) is 1. The lowest BCUT2D eigenvalue weighted by molar-refractivity contribution is -0.131. The van der Waals surface area contributed by atoms with Crippen LogP contribution < -0.4 is 4.90 Å². The second kappa shape index (κ2) is 5.52. The van der Waals surface area contributed by atoms with Crippen LogP contribution in [-0.4, -0.2) is 46.2 Å². The van der Waals surface area contributed by atoms with Crippen molar-refractivity contribution in [2.75, 3.05) is 18.1 Å². The summed E-state index contributed by atoms with van der Waals surface area (Å²) in [5.41, 5.74) is 1.75. The van der Waals surface area contributed by atoms with Gasteiger partial charge in [0.1, 0.15) is 5.82 Å². The van der Waals surface area contributed by atoms with Gasteiger partial charge in [0.2, 0.25) is 0 Å². The van der Waals surface area contributed by atoms with Crippen LogP contribution in [0.25, 0.3) is 6.08 Å². The molecular weight excluding hydrogens is 270 g/mol. The minimum absolute atomic E-state index is 0.297. The Balaban J connectivity index is 1.99. The second-order valence-corrected chi connectivity index (χ2v) is 5.72. The van der Waals surface area contributed by atoms with Crippen LogP contribution in [0, 0.1) is 6.92 Å². The lowest BCUT2D eigenvalue weighted by atomic mass is 10.1. The normalized spacial score (nSPS) is 25.5. The fraction of sp³-hybridized carbons (Fsp3) is 0.600. The summed E-state index contributed by atoms with van der Waals surface area (Å²) in [5, 5.41) is 13.3. The largest absolute Gasteiger partial charge is 0.478 e. The van der Waals surface area contributed by atoms with Crippen LogP contribution in [0.15, 0.2) is 6.08 Å². The van der Waals surface area contributed by atoms with E-state index in [1.54, 1.807) is 6.08 Å². The molecule has 1 aromatic rings. The van der Waals surface area contributed by atoms with Crippen molar-refractivity contribution >= 4 is 17.9 Å². The average molecular weight is 291 g/mol. The maximum absolute atomic E-state index is 10.8. The predicted octanol–water partition coefficient (Wildman–Crippen LogP) is 1.58. The number of fused-ring (bicyclic) bond motifs is 1. The van der Waals surface area contributed by atoms with Crippen molar-refractivity contribution in [2.24, 2.45) is 7.05 Å². The van der Waals surface area contributed by atoms with E-state index in [-0.39, 0.29) is 0 Å². The number of hydrogen-bond donors (Lipinski definition) is 1. The molecule has 1 aliphatic heterocycles. The van der Waals surface area contributed by atoms with Crippen LogP contribution >= 0.6 is 0 Å². The molecule has 0 radical (unpaired) electrons. The zero-order chi connectivity index (χ0) is 15.0. The summed E-state index contributed by atoms with van der Waals surface area (Å²) in [6, 6.07) is 0.380. The molecule has 2 fully saturated rings. The number of carbonyl (C=O) groups is 1. The first-order chi connectivity index (χ1) is 10.1. The summed E-state index contributed by atoms with van der Waals surface area (Å²) in [5.74, 6) is 0.0649. The van der Waals surface area contributed by atoms with Gasteiger partial charge in [-0.25, -0.2) is 4.79 Å². The van der Waals surface area contributed by atoms with Gasteiger partial charge < -0.3 is 14.7 Å². The molecule has 1 saturated carbocycles. The Morgan fingerprint density at radius 3 is 3.05 bits per heavy atom. The predicted molar refractivity (Wildman–Crippen MR) is 79.3 cm³/mol. The maximum atomic E-state index is 10.8. The molecule has 3 rings (SSSR count). The van der Waals surface area contributed by atoms with Gasteiger partial charge in [0.25, 0.3) is 0 Å². The summed E-state index contributed by atoms with van der Waals surface area (Å²) in [6.07, 6.45) is 6.54. The second-order valence-electron chi connectivity index (χ2n) is 5.72. The van der Waals surface area contributed by atoms with Crippen molar-refractivity contribution in [1.82, 2.24) is 9.78 Å². The number of nitrogens with zero attached hydrogens (tertiary/aromatic N) is 3. The van der Waals surface area contributed by atoms with Crippen LogP contribution in [0.1, 0.15) is 30.5 Å². The summed E-state index contributed by atoms with van der Waals surface area (Å²) < 4.78 is 7.71. The van der Waals surface area contributed by atoms with Crippen molar-refractivity contribution < 1.29 is 14.6 Å². The van der Waals surface area contributed by atoms with E-state index < -0.39 is 5.97 Å². The molecule has 0 spiro atoms. The Morgan fingerprint density at radius 2 is 2.29 bits per heavy atom. The molecule has 2 aliphatic rings. The quantitative estimate of drug-likeness (QED) is 0.856. The Hall–Kier alpha value is -1.82. The zero-order valence-electron chi connectivity index (χ0n) is 12.5. The van der Waals surface area contributed by atoms with Gasteiger partial charge in [-0.2, -0.15) is 5.10 Å². The van der Waals surface area contributed by atoms with Gasteiger partial charge in [-0.3, -0.25) is 4.68 Å². The van der Waals surface area contributed by atoms with E-state index in [1.807, 2.05) is 18.7 Å². The summed E-state index contributed by atoms with van der Waals surface area (Å²) in [6.45, 7) is 3.46. The topological polar surface area (TPSA) is 67.6 Å². The number of rotatable bonds is 3. The molecule has 1 saturated heterocycles. The first-order valence-corrected chi connectivity index (χ1v) is 7.41. The highest BCUT2D eigenvalue weighted by atomic mass is 16.5. The van der Waals surface area contributed by atoms with Gasteiger partial charge in [0.05, 0.1) is 24.4 Å². The minimum atomic E-state index is -0.940. The van der Waals surface area contributed by atoms with Gasteiger partial charge in [0, 0.05) is 25.2 Å². The van der Waals surface area contributed by atoms with Crippen molar-refractivity contribution in [3.8, 4) is 0 Å². The molecule has 6 heteroatoms. The third-order valence-electron chi connectivity index (χ3n) is 4.38. The van der Waals surface area contributed by atoms with Crippen LogP contribution in [0.4, 0.5) is 5.82 Å². The van der Waals surface area contributed by atoms with Crippen molar-refractivity contribution in [2.45, 2.75) is 38.3 Å². The summed E-state index contributed by atoms with van der Waals surface area (Å²) in [4.78, 5) is 13.2. The van der Waals surface area contributed by atoms with E-state index in [9.17, 15) is 4.79 Å². The Bertz CT molecular complexity index is 579. The van der Waals surface area contributed by atoms with Crippen LogP contribution in [-0.2, 0) is 16.6 Å². The number of aromatic nitrogens is 2. The lowest BCUT2D eigenvalue weighted by Crippen LogP contribution is -2.49. The van der Waals surface area contributed by atoms with E-state index in [4.69, 9.17) is 9.84 Å². The maximum Gasteiger partial charge on any atom is 0.328 e. The van der Waals surface area contributed by atoms with Crippen LogP contribution in [0.2, 0.25) is 0 Å². The molecule has 0 amide bonds. The Kier molecular flexibility index (Phi) is 3.71. The molecule has 21 heavy (non-hydrogen) atoms. The lowest BCUT2D eigenvalue weighted by Gasteiger charge is -2.39. The minimum Gasteiger partial charge on any atom is -0.478 e. The molecule has 6 nitrogen and oxygen atoms in total. The summed E-state index contributed by atoms with van der Waals surface area (Å²) in [7, 11) is 1.92. The van der Waals surface area contributed by atoms with Crippen molar-refractivity contribution in [3.63, 3.8) is 0 Å². The van der Waals surface area contributed by atoms with E-state index in [0.29, 0.717) is 18.8 Å². The smallest absolute Gasteiger partial charge is 0.328 e. The number of morpholine rings is 1. The first-order valence-electron chi connectivity index (χ1n) is 7.41. The molecule has 2 heterocycles. The van der Waals surface area contributed by atoms with Gasteiger partial charge >= 0.3 is 5.97 Å². The first kappa shape index (κ1) is 14.1. The van der Waals surface area contributed by atoms with Crippen LogP contribution in [0.3, 0.4) is 0 Å². The highest BCUT2D eigenvalue weighted by Gasteiger charge is 2.38. The molecule has 1 N–H and O–H groups in total. The van der Waals surface area contributed by atoms with Crippen LogP contribution in [0.5, 0.6) is 0 Å². The van der Waals surface area contributed by atoms with Crippen molar-refractivity contribution in [3.05, 3.63) is 17.3 Å². The SMILES string of the molecule is Cc1nn(C)c(N2CCOC3CCCC32)c1C=CC(=O)O. The number of carboxylic acid groups (broad SMARTS) is 1. The van der Waals surface area contributed by atoms with E-state index in [1.165, 1.54) is 12.5 Å². The van der Waals surface area contributed by atoms with Gasteiger partial charge in [-0.05, 0) is 32.3 Å². The third kappa shape index (κ3) is 2.55. The highest BCUT2D eigenvalue weighted by Crippen LogP contribution is 2.35. The number of carboxylic acids is 1. The highest BCUT2D eigenvalue weighted by molar-refractivity contribution is 5.87. The van der Waals surface area contributed by atoms with Gasteiger partial charge in [0.15, 0.2) is 0 Å². The monoisotopic (exact) mass is 291 g/mol. The molecule has 114 valence electrons. The molecule has 1 aromatic heterocycles. The van der Waals surface area contributed by atoms with Gasteiger partial charge in [-0.1, -0.05) is 0 Å². The fourth-order valence-corrected chi connectivity index (χ4v) is 3.54. The van der Waals surface area contributed by atoms with Gasteiger partial charge in [-0.15, -0.1) is 0 Å². The van der Waals surface area contributed by atoms with E-state index >= 15 is 0 Å². The zero-order valence-corrected chi connectivity index (χ0v) is 12.5. The molecule has 2 atom stereocenters. The summed E-state index contributed by atoms with van der Waals surface area (Å²) >= 11 is 0. The average Bonchev–Trinajstić information content (AvgIpc) is 3.00. The molecule has 1 aliphatic carbocycles. The number of hydrogen-bond acceptors (Lipinski definition) is 4. The molecule has 0 aromatic carbocycles. The Labute approximate surface area is 124 Å². The number of anilines is 1. The molecule has 2 unspecified atom stereocenters. The van der Waals surface area contributed by atoms with Crippen molar-refractivity contribution in [1.29, 1.82) is 0 Å². The molecular formula is C15H21N3O3. The number of aryl methyl sites for hydroxylation is 2. The third-order valence-corrected chi connectivity index (χ3v) is 4.38. The molecule has 0 bridgehead atoms. The van der Waals surface area contributed by atoms with E-state index in [0.717, 1.165) is 36.5 Å². The van der Waals surface area contributed by atoms with E-state index in [2.05, 4.69) is 10.00 Å².